The van der Waals surface area contributed by atoms with E-state index < -0.39 is 53.0 Å². The first kappa shape index (κ1) is 50.7. The molecule has 3 N–H and O–H groups in total. The van der Waals surface area contributed by atoms with Gasteiger partial charge in [-0.05, 0) is 54.8 Å². The van der Waals surface area contributed by atoms with Gasteiger partial charge in [-0.2, -0.15) is 0 Å². The fourth-order valence-electron chi connectivity index (χ4n) is 7.97. The number of carbonyl (C=O) groups is 6. The van der Waals surface area contributed by atoms with E-state index in [9.17, 15) is 33.9 Å². The van der Waals surface area contributed by atoms with Gasteiger partial charge >= 0.3 is 12.0 Å². The van der Waals surface area contributed by atoms with Crippen LogP contribution >= 0.6 is 11.6 Å². The SMILES string of the molecule is CCCCCCCCCCCCCCCCC=CC(CC(=O)O)C(=O)Nc1ccc(CN2C(=O)N(C(Cl)(C(=O)Nc3ccccc3)C(=O)c3ccccc3)C(=O)CN2c2ccccc2)cc1. The summed E-state index contributed by atoms with van der Waals surface area (Å²) in [6.45, 7) is 1.66. The molecule has 4 aromatic rings. The minimum atomic E-state index is -2.83. The van der Waals surface area contributed by atoms with E-state index in [1.54, 1.807) is 109 Å². The number of hydrogen-bond donors (Lipinski definition) is 3. The van der Waals surface area contributed by atoms with Gasteiger partial charge in [-0.1, -0.05) is 193 Å². The number of urea groups is 1. The van der Waals surface area contributed by atoms with Crippen LogP contribution in [0.15, 0.2) is 127 Å². The van der Waals surface area contributed by atoms with Gasteiger partial charge in [0.2, 0.25) is 11.7 Å². The van der Waals surface area contributed by atoms with Crippen molar-refractivity contribution in [1.29, 1.82) is 0 Å². The van der Waals surface area contributed by atoms with E-state index in [0.29, 0.717) is 27.5 Å². The predicted molar refractivity (Wildman–Crippen MR) is 261 cm³/mol. The number of nitrogens with one attached hydrogen (secondary N) is 2. The van der Waals surface area contributed by atoms with Gasteiger partial charge in [0.05, 0.1) is 24.6 Å². The van der Waals surface area contributed by atoms with Crippen LogP contribution in [0.2, 0.25) is 0 Å². The van der Waals surface area contributed by atoms with Crippen LogP contribution in [0.5, 0.6) is 0 Å². The highest BCUT2D eigenvalue weighted by Gasteiger charge is 2.58. The molecule has 12 nitrogen and oxygen atoms in total. The van der Waals surface area contributed by atoms with E-state index in [1.807, 2.05) is 6.08 Å². The van der Waals surface area contributed by atoms with E-state index in [-0.39, 0.29) is 18.5 Å². The van der Waals surface area contributed by atoms with Crippen molar-refractivity contribution < 1.29 is 33.9 Å². The van der Waals surface area contributed by atoms with Crippen LogP contribution in [0.25, 0.3) is 0 Å². The quantitative estimate of drug-likeness (QED) is 0.0127. The topological polar surface area (TPSA) is 156 Å². The lowest BCUT2D eigenvalue weighted by atomic mass is 10.0. The van der Waals surface area contributed by atoms with E-state index in [1.165, 1.54) is 99.2 Å². The van der Waals surface area contributed by atoms with Gasteiger partial charge in [0.25, 0.3) is 16.8 Å². The maximum Gasteiger partial charge on any atom is 0.348 e. The predicted octanol–water partition coefficient (Wildman–Crippen LogP) is 11.8. The first-order valence-electron chi connectivity index (χ1n) is 23.4. The first-order valence-corrected chi connectivity index (χ1v) is 23.8. The van der Waals surface area contributed by atoms with Crippen LogP contribution in [0, 0.1) is 5.92 Å². The number of halogens is 1. The largest absolute Gasteiger partial charge is 0.481 e. The molecule has 0 spiro atoms. The molecule has 1 aliphatic rings. The third-order valence-corrected chi connectivity index (χ3v) is 12.2. The number of unbranched alkanes of at least 4 members (excludes halogenated alkanes) is 14. The molecule has 5 amide bonds. The number of imide groups is 1. The Morgan fingerprint density at radius 3 is 1.76 bits per heavy atom. The zero-order valence-corrected chi connectivity index (χ0v) is 38.8. The maximum atomic E-state index is 14.8. The first-order chi connectivity index (χ1) is 32.0. The lowest BCUT2D eigenvalue weighted by molar-refractivity contribution is -0.139. The van der Waals surface area contributed by atoms with Gasteiger partial charge in [0.15, 0.2) is 0 Å². The molecule has 0 aliphatic carbocycles. The summed E-state index contributed by atoms with van der Waals surface area (Å²) in [4.78, 5) is 80.2. The number of benzene rings is 4. The molecule has 0 bridgehead atoms. The lowest BCUT2D eigenvalue weighted by Crippen LogP contribution is -2.71. The van der Waals surface area contributed by atoms with E-state index in [0.717, 1.165) is 19.3 Å². The summed E-state index contributed by atoms with van der Waals surface area (Å²) in [6, 6.07) is 30.3. The normalized spacial score (nSPS) is 14.2. The number of Topliss-reactive ketones (excluding diaryl/α,β-unsaturated/α-hetero) is 1. The molecule has 1 aliphatic heterocycles. The second-order valence-corrected chi connectivity index (χ2v) is 17.4. The average Bonchev–Trinajstić information content (AvgIpc) is 3.32. The van der Waals surface area contributed by atoms with Crippen molar-refractivity contribution in [1.82, 2.24) is 9.91 Å². The minimum absolute atomic E-state index is 0.0112. The summed E-state index contributed by atoms with van der Waals surface area (Å²) in [7, 11) is 0. The Balaban J connectivity index is 1.22. The van der Waals surface area contributed by atoms with Gasteiger partial charge in [0.1, 0.15) is 6.54 Å². The second-order valence-electron chi connectivity index (χ2n) is 16.8. The zero-order chi connectivity index (χ0) is 47.2. The molecule has 66 heavy (non-hydrogen) atoms. The molecule has 1 heterocycles. The van der Waals surface area contributed by atoms with Gasteiger partial charge in [-0.15, -0.1) is 0 Å². The highest BCUT2D eigenvalue weighted by molar-refractivity contribution is 6.51. The fraction of sp³-hybridized carbons (Fsp3) is 0.396. The summed E-state index contributed by atoms with van der Waals surface area (Å²) in [5, 5.41) is 17.7. The molecule has 0 saturated carbocycles. The molecule has 13 heteroatoms. The molecule has 0 radical (unpaired) electrons. The number of amides is 5. The number of ketones is 1. The van der Waals surface area contributed by atoms with Crippen LogP contribution in [0.3, 0.4) is 0 Å². The molecular weight excluding hydrogens is 854 g/mol. The smallest absolute Gasteiger partial charge is 0.348 e. The van der Waals surface area contributed by atoms with Crippen LogP contribution < -0.4 is 15.6 Å². The number of carboxylic acid groups (broad SMARTS) is 1. The van der Waals surface area contributed by atoms with Crippen molar-refractivity contribution in [2.24, 2.45) is 5.92 Å². The number of allylic oxidation sites excluding steroid dienone is 1. The Labute approximate surface area is 394 Å². The summed E-state index contributed by atoms with van der Waals surface area (Å²) in [5.74, 6) is -5.38. The number of hydrazine groups is 1. The summed E-state index contributed by atoms with van der Waals surface area (Å²) in [6.07, 6.45) is 21.7. The number of carboxylic acids is 1. The van der Waals surface area contributed by atoms with Gasteiger partial charge in [0, 0.05) is 16.9 Å². The van der Waals surface area contributed by atoms with E-state index in [2.05, 4.69) is 17.6 Å². The molecule has 2 unspecified atom stereocenters. The average molecular weight is 919 g/mol. The van der Waals surface area contributed by atoms with E-state index >= 15 is 0 Å². The van der Waals surface area contributed by atoms with Crippen molar-refractivity contribution in [3.05, 3.63) is 139 Å². The number of rotatable bonds is 28. The Morgan fingerprint density at radius 2 is 1.20 bits per heavy atom. The van der Waals surface area contributed by atoms with Crippen LogP contribution in [-0.2, 0) is 25.7 Å². The molecular formula is C53H64ClN5O7. The Hall–Kier alpha value is -6.27. The highest BCUT2D eigenvalue weighted by Crippen LogP contribution is 2.34. The number of nitrogens with zero attached hydrogens (tertiary/aromatic N) is 3. The molecule has 5 rings (SSSR count). The summed E-state index contributed by atoms with van der Waals surface area (Å²) < 4.78 is 0. The Bertz CT molecular complexity index is 2210. The summed E-state index contributed by atoms with van der Waals surface area (Å²) >= 11 is 7.08. The Kier molecular flexibility index (Phi) is 20.5. The van der Waals surface area contributed by atoms with E-state index in [4.69, 9.17) is 11.6 Å². The summed E-state index contributed by atoms with van der Waals surface area (Å²) in [5.41, 5.74) is 1.78. The van der Waals surface area contributed by atoms with Crippen molar-refractivity contribution in [2.45, 2.75) is 121 Å². The number of anilines is 3. The van der Waals surface area contributed by atoms with Gasteiger partial charge in [-0.3, -0.25) is 29.0 Å². The number of alkyl halides is 1. The number of para-hydroxylation sites is 2. The maximum absolute atomic E-state index is 14.8. The third-order valence-electron chi connectivity index (χ3n) is 11.6. The lowest BCUT2D eigenvalue weighted by Gasteiger charge is -2.47. The second kappa shape index (κ2) is 26.6. The van der Waals surface area contributed by atoms with Crippen molar-refractivity contribution in [2.75, 3.05) is 22.2 Å². The molecule has 2 atom stereocenters. The third kappa shape index (κ3) is 14.9. The number of hydrogen-bond acceptors (Lipinski definition) is 7. The fourth-order valence-corrected chi connectivity index (χ4v) is 8.30. The van der Waals surface area contributed by atoms with Gasteiger partial charge in [-0.25, -0.2) is 14.7 Å². The molecule has 0 aromatic heterocycles. The monoisotopic (exact) mass is 917 g/mol. The molecule has 1 saturated heterocycles. The standard InChI is InChI=1S/C53H64ClN5O7/c1-2-3-4-5-6-7-8-9-10-11-12-13-14-15-16-20-29-43(38-48(61)62)50(64)55-45-36-34-41(35-37-45)39-58-52(66)59(47(60)40-57(58)46-32-25-19-26-33-46)53(54,49(63)42-27-21-17-22-28-42)51(65)56-44-30-23-18-24-31-44/h17-37,43H,2-16,38-40H2,1H3,(H,55,64)(H,56,65)(H,61,62). The Morgan fingerprint density at radius 1 is 0.682 bits per heavy atom. The molecule has 4 aromatic carbocycles. The molecule has 1 fully saturated rings. The number of aliphatic carboxylic acids is 1. The zero-order valence-electron chi connectivity index (χ0n) is 38.0. The van der Waals surface area contributed by atoms with Crippen molar-refractivity contribution >= 4 is 64.2 Å². The van der Waals surface area contributed by atoms with Crippen molar-refractivity contribution in [3.8, 4) is 0 Å². The highest BCUT2D eigenvalue weighted by atomic mass is 35.5. The van der Waals surface area contributed by atoms with Crippen LogP contribution in [-0.4, -0.2) is 62.1 Å². The molecule has 350 valence electrons. The van der Waals surface area contributed by atoms with Crippen LogP contribution in [0.1, 0.15) is 126 Å². The van der Waals surface area contributed by atoms with Crippen molar-refractivity contribution in [3.63, 3.8) is 0 Å². The minimum Gasteiger partial charge on any atom is -0.481 e. The van der Waals surface area contributed by atoms with Crippen LogP contribution in [0.4, 0.5) is 21.9 Å². The number of carbonyl (C=O) groups excluding carboxylic acids is 5. The van der Waals surface area contributed by atoms with Gasteiger partial charge < -0.3 is 15.7 Å².